The van der Waals surface area contributed by atoms with Crippen LogP contribution in [-0.2, 0) is 26.7 Å². The molecule has 1 saturated heterocycles. The van der Waals surface area contributed by atoms with E-state index in [4.69, 9.17) is 16.7 Å². The van der Waals surface area contributed by atoms with Crippen molar-refractivity contribution in [1.82, 2.24) is 24.1 Å². The average molecular weight is 529 g/mol. The Morgan fingerprint density at radius 1 is 0.921 bits per heavy atom. The van der Waals surface area contributed by atoms with Crippen LogP contribution in [0.5, 0.6) is 0 Å². The molecule has 2 aromatic carbocycles. The van der Waals surface area contributed by atoms with Gasteiger partial charge in [-0.1, -0.05) is 54.1 Å². The summed E-state index contributed by atoms with van der Waals surface area (Å²) in [6.07, 6.45) is 0. The first-order chi connectivity index (χ1) is 18.5. The average Bonchev–Trinajstić information content (AvgIpc) is 3.50. The number of piperazine rings is 1. The Labute approximate surface area is 228 Å². The number of fused-ring (bicyclic) bond motifs is 1. The lowest BCUT2D eigenvalue weighted by Crippen LogP contribution is -2.46. The van der Waals surface area contributed by atoms with Crippen LogP contribution >= 0.6 is 11.6 Å². The fourth-order valence-corrected chi connectivity index (χ4v) is 5.83. The minimum atomic E-state index is 0.0825. The van der Waals surface area contributed by atoms with Crippen LogP contribution in [0.1, 0.15) is 27.4 Å². The number of hydrogen-bond donors (Lipinski definition) is 0. The zero-order valence-corrected chi connectivity index (χ0v) is 22.7. The first-order valence-electron chi connectivity index (χ1n) is 13.3. The Bertz CT molecular complexity index is 1450. The number of carbonyl (C=O) groups excluding carboxylic acids is 1. The number of anilines is 1. The van der Waals surface area contributed by atoms with Crippen molar-refractivity contribution in [2.75, 3.05) is 37.6 Å². The van der Waals surface area contributed by atoms with Crippen LogP contribution in [0.2, 0.25) is 5.02 Å². The molecule has 1 amide bonds. The first kappa shape index (κ1) is 24.8. The highest BCUT2D eigenvalue weighted by molar-refractivity contribution is 6.33. The molecule has 0 unspecified atom stereocenters. The Morgan fingerprint density at radius 3 is 2.42 bits per heavy atom. The van der Waals surface area contributed by atoms with Crippen molar-refractivity contribution in [3.8, 4) is 11.3 Å². The van der Waals surface area contributed by atoms with Crippen molar-refractivity contribution in [2.45, 2.75) is 26.6 Å². The smallest absolute Gasteiger partial charge is 0.270 e. The van der Waals surface area contributed by atoms with E-state index in [2.05, 4.69) is 51.6 Å². The summed E-state index contributed by atoms with van der Waals surface area (Å²) in [6, 6.07) is 22.5. The van der Waals surface area contributed by atoms with Gasteiger partial charge in [-0.25, -0.2) is 0 Å². The van der Waals surface area contributed by atoms with Crippen LogP contribution in [0.25, 0.3) is 11.3 Å². The second-order valence-corrected chi connectivity index (χ2v) is 10.7. The first-order valence-corrected chi connectivity index (χ1v) is 13.6. The molecule has 0 N–H and O–H groups in total. The number of benzene rings is 2. The molecule has 0 bridgehead atoms. The van der Waals surface area contributed by atoms with E-state index < -0.39 is 0 Å². The molecule has 0 saturated carbocycles. The zero-order chi connectivity index (χ0) is 26.2. The quantitative estimate of drug-likeness (QED) is 0.372. The largest absolute Gasteiger partial charge is 0.368 e. The lowest BCUT2D eigenvalue weighted by atomic mass is 10.1. The number of carbonyl (C=O) groups is 1. The number of halogens is 1. The molecule has 1 fully saturated rings. The van der Waals surface area contributed by atoms with Crippen LogP contribution in [0.3, 0.4) is 0 Å². The van der Waals surface area contributed by atoms with Gasteiger partial charge in [0.05, 0.1) is 35.2 Å². The Kier molecular flexibility index (Phi) is 6.72. The molecule has 0 atom stereocenters. The van der Waals surface area contributed by atoms with E-state index in [-0.39, 0.29) is 5.91 Å². The summed E-state index contributed by atoms with van der Waals surface area (Å²) in [7, 11) is 2.00. The molecule has 4 heterocycles. The molecule has 7 nitrogen and oxygen atoms in total. The van der Waals surface area contributed by atoms with Crippen molar-refractivity contribution < 1.29 is 4.79 Å². The van der Waals surface area contributed by atoms with Crippen molar-refractivity contribution in [3.05, 3.63) is 94.4 Å². The zero-order valence-electron chi connectivity index (χ0n) is 22.0. The van der Waals surface area contributed by atoms with Gasteiger partial charge in [-0.05, 0) is 36.8 Å². The van der Waals surface area contributed by atoms with Gasteiger partial charge in [0.2, 0.25) is 0 Å². The Morgan fingerprint density at radius 2 is 1.66 bits per heavy atom. The number of para-hydroxylation sites is 1. The SMILES string of the molecule is Cc1c(CN2CCN(c3ccccc3Cl)CC2)cc(C(=O)N2CCn3nc(-c4ccccc4)cc3C2)n1C. The van der Waals surface area contributed by atoms with E-state index in [1.165, 1.54) is 5.56 Å². The summed E-state index contributed by atoms with van der Waals surface area (Å²) in [4.78, 5) is 20.4. The van der Waals surface area contributed by atoms with Gasteiger partial charge in [0.15, 0.2) is 0 Å². The molecule has 6 rings (SSSR count). The van der Waals surface area contributed by atoms with Crippen molar-refractivity contribution >= 4 is 23.2 Å². The number of aromatic nitrogens is 3. The van der Waals surface area contributed by atoms with Crippen molar-refractivity contribution in [3.63, 3.8) is 0 Å². The molecular weight excluding hydrogens is 496 g/mol. The third-order valence-corrected chi connectivity index (χ3v) is 8.29. The maximum atomic E-state index is 13.6. The minimum absolute atomic E-state index is 0.0825. The fraction of sp³-hybridized carbons (Fsp3) is 0.333. The lowest BCUT2D eigenvalue weighted by Gasteiger charge is -2.36. The van der Waals surface area contributed by atoms with Crippen LogP contribution in [0.4, 0.5) is 5.69 Å². The summed E-state index contributed by atoms with van der Waals surface area (Å²) >= 11 is 6.42. The molecule has 8 heteroatoms. The standard InChI is InChI=1S/C30H33ClN6O/c1-22-24(20-34-12-14-35(15-13-34)28-11-7-6-10-26(28)31)18-29(33(22)2)30(38)36-16-17-37-25(21-36)19-27(32-37)23-8-4-3-5-9-23/h3-11,18-19H,12-17,20-21H2,1-2H3. The number of rotatable bonds is 5. The van der Waals surface area contributed by atoms with E-state index in [1.807, 2.05) is 53.0 Å². The Hall–Kier alpha value is -3.55. The minimum Gasteiger partial charge on any atom is -0.368 e. The van der Waals surface area contributed by atoms with Gasteiger partial charge < -0.3 is 14.4 Å². The maximum Gasteiger partial charge on any atom is 0.270 e. The fourth-order valence-electron chi connectivity index (χ4n) is 5.58. The highest BCUT2D eigenvalue weighted by Crippen LogP contribution is 2.27. The summed E-state index contributed by atoms with van der Waals surface area (Å²) < 4.78 is 4.09. The molecule has 38 heavy (non-hydrogen) atoms. The Balaban J connectivity index is 1.12. The second-order valence-electron chi connectivity index (χ2n) is 10.3. The van der Waals surface area contributed by atoms with E-state index in [1.54, 1.807) is 0 Å². The predicted molar refractivity (Wildman–Crippen MR) is 151 cm³/mol. The van der Waals surface area contributed by atoms with Crippen molar-refractivity contribution in [1.29, 1.82) is 0 Å². The van der Waals surface area contributed by atoms with E-state index in [0.29, 0.717) is 19.6 Å². The molecule has 2 aliphatic heterocycles. The lowest BCUT2D eigenvalue weighted by molar-refractivity contribution is 0.0696. The van der Waals surface area contributed by atoms with E-state index >= 15 is 0 Å². The molecule has 2 aliphatic rings. The summed E-state index contributed by atoms with van der Waals surface area (Å²) in [5.41, 5.74) is 7.36. The van der Waals surface area contributed by atoms with Gasteiger partial charge in [-0.3, -0.25) is 14.4 Å². The molecular formula is C30H33ClN6O. The topological polar surface area (TPSA) is 49.5 Å². The van der Waals surface area contributed by atoms with Crippen LogP contribution in [-0.4, -0.2) is 62.8 Å². The monoisotopic (exact) mass is 528 g/mol. The summed E-state index contributed by atoms with van der Waals surface area (Å²) in [6.45, 7) is 8.69. The number of hydrogen-bond acceptors (Lipinski definition) is 4. The van der Waals surface area contributed by atoms with Crippen LogP contribution in [0, 0.1) is 6.92 Å². The number of nitrogens with zero attached hydrogens (tertiary/aromatic N) is 6. The second kappa shape index (κ2) is 10.3. The molecule has 196 valence electrons. The van der Waals surface area contributed by atoms with E-state index in [9.17, 15) is 4.79 Å². The predicted octanol–water partition coefficient (Wildman–Crippen LogP) is 4.83. The van der Waals surface area contributed by atoms with Gasteiger partial charge in [-0.2, -0.15) is 5.10 Å². The molecule has 0 spiro atoms. The normalized spacial score (nSPS) is 16.1. The molecule has 4 aromatic rings. The van der Waals surface area contributed by atoms with Gasteiger partial charge >= 0.3 is 0 Å². The third kappa shape index (κ3) is 4.72. The van der Waals surface area contributed by atoms with E-state index in [0.717, 1.165) is 71.8 Å². The molecule has 2 aromatic heterocycles. The van der Waals surface area contributed by atoms with Gasteiger partial charge in [0.1, 0.15) is 5.69 Å². The highest BCUT2D eigenvalue weighted by Gasteiger charge is 2.27. The maximum absolute atomic E-state index is 13.6. The molecule has 0 aliphatic carbocycles. The third-order valence-electron chi connectivity index (χ3n) is 7.97. The van der Waals surface area contributed by atoms with Gasteiger partial charge in [0, 0.05) is 57.6 Å². The van der Waals surface area contributed by atoms with Gasteiger partial charge in [0.25, 0.3) is 5.91 Å². The number of amides is 1. The molecule has 0 radical (unpaired) electrons. The van der Waals surface area contributed by atoms with Crippen LogP contribution in [0.15, 0.2) is 66.7 Å². The summed E-state index contributed by atoms with van der Waals surface area (Å²) in [5, 5.41) is 5.58. The van der Waals surface area contributed by atoms with Crippen molar-refractivity contribution in [2.24, 2.45) is 7.05 Å². The summed E-state index contributed by atoms with van der Waals surface area (Å²) in [5.74, 6) is 0.0825. The highest BCUT2D eigenvalue weighted by atomic mass is 35.5. The van der Waals surface area contributed by atoms with Crippen LogP contribution < -0.4 is 4.90 Å². The van der Waals surface area contributed by atoms with Gasteiger partial charge in [-0.15, -0.1) is 0 Å².